The molecule has 0 saturated heterocycles. The summed E-state index contributed by atoms with van der Waals surface area (Å²) in [6.07, 6.45) is 13.1. The number of nitrogens with one attached hydrogen (secondary N) is 1. The fourth-order valence-corrected chi connectivity index (χ4v) is 4.65. The maximum atomic E-state index is 12.9. The van der Waals surface area contributed by atoms with Crippen LogP contribution >= 0.6 is 22.9 Å². The van der Waals surface area contributed by atoms with Crippen LogP contribution in [0.5, 0.6) is 16.7 Å². The van der Waals surface area contributed by atoms with Crippen LogP contribution in [-0.4, -0.2) is 44.7 Å². The Morgan fingerprint density at radius 3 is 2.90 bits per heavy atom. The smallest absolute Gasteiger partial charge is 0.279 e. The van der Waals surface area contributed by atoms with E-state index in [1.807, 2.05) is 42.8 Å². The number of nitrogens with zero attached hydrogens (tertiary/aromatic N) is 4. The molecule has 11 heteroatoms. The number of aromatic nitrogens is 4. The van der Waals surface area contributed by atoms with Crippen molar-refractivity contribution in [2.45, 2.75) is 39.5 Å². The Morgan fingerprint density at radius 1 is 1.23 bits per heavy atom. The third kappa shape index (κ3) is 7.47. The Bertz CT molecular complexity index is 1480. The molecule has 1 aliphatic rings. The molecule has 1 N–H and O–H groups in total. The van der Waals surface area contributed by atoms with Gasteiger partial charge in [-0.25, -0.2) is 9.97 Å². The van der Waals surface area contributed by atoms with Crippen LogP contribution in [0.1, 0.15) is 41.9 Å². The fourth-order valence-electron chi connectivity index (χ4n) is 3.75. The Labute approximate surface area is 241 Å². The Morgan fingerprint density at radius 2 is 2.10 bits per heavy atom. The zero-order valence-electron chi connectivity index (χ0n) is 22.2. The highest BCUT2D eigenvalue weighted by atomic mass is 35.5. The van der Waals surface area contributed by atoms with E-state index in [2.05, 4.69) is 20.3 Å². The first-order valence-corrected chi connectivity index (χ1v) is 14.3. The predicted molar refractivity (Wildman–Crippen MR) is 155 cm³/mol. The van der Waals surface area contributed by atoms with E-state index in [-0.39, 0.29) is 11.9 Å². The molecule has 9 nitrogen and oxygen atoms in total. The van der Waals surface area contributed by atoms with Crippen molar-refractivity contribution < 1.29 is 19.0 Å². The maximum Gasteiger partial charge on any atom is 0.279 e. The van der Waals surface area contributed by atoms with Gasteiger partial charge in [-0.2, -0.15) is 0 Å². The molecule has 5 rings (SSSR count). The van der Waals surface area contributed by atoms with E-state index in [9.17, 15) is 4.79 Å². The lowest BCUT2D eigenvalue weighted by atomic mass is 10.2. The molecule has 208 valence electrons. The molecule has 0 radical (unpaired) electrons. The van der Waals surface area contributed by atoms with E-state index >= 15 is 0 Å². The van der Waals surface area contributed by atoms with Crippen molar-refractivity contribution in [3.05, 3.63) is 76.7 Å². The number of halogens is 1. The predicted octanol–water partition coefficient (Wildman–Crippen LogP) is 6.46. The first kappa shape index (κ1) is 27.8. The van der Waals surface area contributed by atoms with Crippen LogP contribution in [0.2, 0.25) is 5.02 Å². The molecule has 1 amide bonds. The molecule has 0 spiro atoms. The summed E-state index contributed by atoms with van der Waals surface area (Å²) in [6.45, 7) is 5.51. The SMILES string of the molecule is CCOCn1ccnc1-c1cc(C(=O)N[C@@H](C)/C=C/c2cnc(Oc3ccc(OCC4CC4)cc3Cl)s2)ccn1. The number of amides is 1. The third-order valence-corrected chi connectivity index (χ3v) is 7.23. The number of rotatable bonds is 13. The summed E-state index contributed by atoms with van der Waals surface area (Å²) in [6, 6.07) is 8.57. The highest BCUT2D eigenvalue weighted by molar-refractivity contribution is 7.14. The molecule has 1 atom stereocenters. The Hall–Kier alpha value is -3.73. The number of pyridine rings is 1. The molecule has 0 aliphatic heterocycles. The van der Waals surface area contributed by atoms with Crippen molar-refractivity contribution in [1.82, 2.24) is 24.8 Å². The van der Waals surface area contributed by atoms with Crippen LogP contribution in [0, 0.1) is 5.92 Å². The van der Waals surface area contributed by atoms with Gasteiger partial charge in [0.2, 0.25) is 0 Å². The van der Waals surface area contributed by atoms with Crippen LogP contribution in [-0.2, 0) is 11.5 Å². The molecule has 3 heterocycles. The van der Waals surface area contributed by atoms with Crippen LogP contribution in [0.15, 0.2) is 61.2 Å². The van der Waals surface area contributed by atoms with Crippen molar-refractivity contribution in [3.63, 3.8) is 0 Å². The van der Waals surface area contributed by atoms with Crippen LogP contribution in [0.4, 0.5) is 0 Å². The molecule has 0 bridgehead atoms. The van der Waals surface area contributed by atoms with Crippen LogP contribution < -0.4 is 14.8 Å². The van der Waals surface area contributed by atoms with Crippen molar-refractivity contribution >= 4 is 34.9 Å². The molecule has 3 aromatic heterocycles. The summed E-state index contributed by atoms with van der Waals surface area (Å²) in [4.78, 5) is 26.9. The largest absolute Gasteiger partial charge is 0.493 e. The number of thiazole rings is 1. The molecule has 40 heavy (non-hydrogen) atoms. The van der Waals surface area contributed by atoms with Gasteiger partial charge < -0.3 is 24.1 Å². The van der Waals surface area contributed by atoms with Crippen molar-refractivity contribution in [2.75, 3.05) is 13.2 Å². The highest BCUT2D eigenvalue weighted by Crippen LogP contribution is 2.35. The van der Waals surface area contributed by atoms with Gasteiger partial charge in [-0.1, -0.05) is 29.0 Å². The number of benzene rings is 1. The van der Waals surface area contributed by atoms with E-state index in [4.69, 9.17) is 25.8 Å². The van der Waals surface area contributed by atoms with Gasteiger partial charge in [-0.15, -0.1) is 0 Å². The quantitative estimate of drug-likeness (QED) is 0.194. The van der Waals surface area contributed by atoms with Gasteiger partial charge in [-0.3, -0.25) is 9.78 Å². The summed E-state index contributed by atoms with van der Waals surface area (Å²) in [5.41, 5.74) is 1.09. The number of carbonyl (C=O) groups is 1. The second-order valence-electron chi connectivity index (χ2n) is 9.37. The van der Waals surface area contributed by atoms with E-state index in [0.717, 1.165) is 17.2 Å². The molecule has 0 unspecified atom stereocenters. The maximum absolute atomic E-state index is 12.9. The summed E-state index contributed by atoms with van der Waals surface area (Å²) >= 11 is 7.77. The van der Waals surface area contributed by atoms with Gasteiger partial charge in [0.1, 0.15) is 23.9 Å². The average molecular weight is 580 g/mol. The topological polar surface area (TPSA) is 100 Å². The molecule has 1 saturated carbocycles. The Balaban J connectivity index is 1.15. The van der Waals surface area contributed by atoms with E-state index < -0.39 is 0 Å². The molecule has 4 aromatic rings. The third-order valence-electron chi connectivity index (χ3n) is 6.09. The lowest BCUT2D eigenvalue weighted by Crippen LogP contribution is -2.31. The minimum atomic E-state index is -0.229. The number of carbonyl (C=O) groups excluding carboxylic acids is 1. The molecule has 1 aliphatic carbocycles. The van der Waals surface area contributed by atoms with Gasteiger partial charge in [0.25, 0.3) is 11.1 Å². The monoisotopic (exact) mass is 579 g/mol. The zero-order chi connectivity index (χ0) is 27.9. The first-order valence-electron chi connectivity index (χ1n) is 13.1. The molecular weight excluding hydrogens is 550 g/mol. The molecule has 1 fully saturated rings. The van der Waals surface area contributed by atoms with Crippen molar-refractivity contribution in [3.8, 4) is 28.2 Å². The second kappa shape index (κ2) is 13.1. The fraction of sp³-hybridized carbons (Fsp3) is 0.310. The zero-order valence-corrected chi connectivity index (χ0v) is 23.8. The summed E-state index contributed by atoms with van der Waals surface area (Å²) in [7, 11) is 0. The van der Waals surface area contributed by atoms with E-state index in [1.54, 1.807) is 42.9 Å². The highest BCUT2D eigenvalue weighted by Gasteiger charge is 2.22. The standard InChI is InChI=1S/C29H30ClN5O4S/c1-3-37-18-35-13-12-32-27(35)25-14-21(10-11-31-25)28(36)34-19(2)4-8-23-16-33-29(40-23)39-26-9-7-22(15-24(26)30)38-17-20-5-6-20/h4,7-16,19-20H,3,5-6,17-18H2,1-2H3,(H,34,36)/b8-4+/t19-/m0/s1. The number of hydrogen-bond acceptors (Lipinski definition) is 8. The average Bonchev–Trinajstić information content (AvgIpc) is 3.48. The van der Waals surface area contributed by atoms with Gasteiger partial charge in [0, 0.05) is 49.1 Å². The summed E-state index contributed by atoms with van der Waals surface area (Å²) < 4.78 is 19.0. The van der Waals surface area contributed by atoms with Gasteiger partial charge in [-0.05, 0) is 62.9 Å². The molecule has 1 aromatic carbocycles. The first-order chi connectivity index (χ1) is 19.5. The minimum Gasteiger partial charge on any atom is -0.493 e. The van der Waals surface area contributed by atoms with Gasteiger partial charge in [0.15, 0.2) is 5.82 Å². The number of ether oxygens (including phenoxy) is 3. The van der Waals surface area contributed by atoms with Crippen LogP contribution in [0.3, 0.4) is 0 Å². The summed E-state index contributed by atoms with van der Waals surface area (Å²) in [5.74, 6) is 2.35. The van der Waals surface area contributed by atoms with Gasteiger partial charge >= 0.3 is 0 Å². The number of imidazole rings is 1. The number of hydrogen-bond donors (Lipinski definition) is 1. The lowest BCUT2D eigenvalue weighted by molar-refractivity contribution is 0.0889. The second-order valence-corrected chi connectivity index (χ2v) is 10.8. The summed E-state index contributed by atoms with van der Waals surface area (Å²) in [5, 5.41) is 3.92. The minimum absolute atomic E-state index is 0.212. The molecular formula is C29H30ClN5O4S. The normalized spacial score (nSPS) is 13.9. The Kier molecular flexibility index (Phi) is 9.10. The van der Waals surface area contributed by atoms with E-state index in [1.165, 1.54) is 24.2 Å². The van der Waals surface area contributed by atoms with Crippen LogP contribution in [0.25, 0.3) is 17.6 Å². The van der Waals surface area contributed by atoms with Crippen molar-refractivity contribution in [2.24, 2.45) is 5.92 Å². The lowest BCUT2D eigenvalue weighted by Gasteiger charge is -2.11. The van der Waals surface area contributed by atoms with E-state index in [0.29, 0.717) is 52.3 Å². The van der Waals surface area contributed by atoms with Crippen molar-refractivity contribution in [1.29, 1.82) is 0 Å². The van der Waals surface area contributed by atoms with Gasteiger partial charge in [0.05, 0.1) is 16.5 Å².